The molecule has 1 saturated heterocycles. The number of nitrogens with zero attached hydrogens (tertiary/aromatic N) is 3. The first kappa shape index (κ1) is 21.2. The standard InChI is InChI=1S/C24H27N3O4/c1-16(17-6-4-3-5-7-17)12-20(28)14-19-13-18-15-25-23(30-2)21(18)22(26-19)24(29)27-8-10-31-11-9-27/h3-7,13,16H,8-12,14-15H2,1-2H3/t16-/m0/s1. The number of pyridine rings is 1. The minimum Gasteiger partial charge on any atom is -0.481 e. The van der Waals surface area contributed by atoms with Gasteiger partial charge in [-0.15, -0.1) is 0 Å². The van der Waals surface area contributed by atoms with Crippen LogP contribution in [-0.2, 0) is 27.2 Å². The van der Waals surface area contributed by atoms with Crippen molar-refractivity contribution in [2.24, 2.45) is 4.99 Å². The van der Waals surface area contributed by atoms with E-state index in [2.05, 4.69) is 16.9 Å². The van der Waals surface area contributed by atoms with Gasteiger partial charge in [0.25, 0.3) is 5.91 Å². The largest absolute Gasteiger partial charge is 0.481 e. The Morgan fingerprint density at radius 1 is 1.19 bits per heavy atom. The molecule has 0 radical (unpaired) electrons. The lowest BCUT2D eigenvalue weighted by atomic mass is 9.94. The zero-order chi connectivity index (χ0) is 21.8. The van der Waals surface area contributed by atoms with Crippen LogP contribution in [0, 0.1) is 0 Å². The maximum Gasteiger partial charge on any atom is 0.273 e. The van der Waals surface area contributed by atoms with Crippen LogP contribution >= 0.6 is 0 Å². The van der Waals surface area contributed by atoms with Crippen LogP contribution in [0.1, 0.15) is 52.1 Å². The number of Topliss-reactive ketones (excluding diaryl/α,β-unsaturated/α-hetero) is 1. The Labute approximate surface area is 182 Å². The molecule has 0 N–H and O–H groups in total. The van der Waals surface area contributed by atoms with Crippen LogP contribution in [0.4, 0.5) is 0 Å². The molecule has 3 heterocycles. The zero-order valence-corrected chi connectivity index (χ0v) is 18.0. The fourth-order valence-corrected chi connectivity index (χ4v) is 4.10. The van der Waals surface area contributed by atoms with E-state index in [0.29, 0.717) is 62.1 Å². The molecule has 31 heavy (non-hydrogen) atoms. The molecule has 0 aliphatic carbocycles. The van der Waals surface area contributed by atoms with Gasteiger partial charge in [-0.25, -0.2) is 9.98 Å². The quantitative estimate of drug-likeness (QED) is 0.716. The van der Waals surface area contributed by atoms with Crippen molar-refractivity contribution in [1.82, 2.24) is 9.88 Å². The van der Waals surface area contributed by atoms with E-state index >= 15 is 0 Å². The lowest BCUT2D eigenvalue weighted by Gasteiger charge is -2.27. The number of amides is 1. The second-order valence-electron chi connectivity index (χ2n) is 7.96. The van der Waals surface area contributed by atoms with Crippen LogP contribution in [-0.4, -0.2) is 60.9 Å². The van der Waals surface area contributed by atoms with Gasteiger partial charge in [0.05, 0.1) is 32.4 Å². The number of carbonyl (C=O) groups excluding carboxylic acids is 2. The Morgan fingerprint density at radius 2 is 1.94 bits per heavy atom. The van der Waals surface area contributed by atoms with Gasteiger partial charge in [0, 0.05) is 31.6 Å². The van der Waals surface area contributed by atoms with Crippen molar-refractivity contribution in [2.75, 3.05) is 33.4 Å². The molecule has 4 rings (SSSR count). The van der Waals surface area contributed by atoms with E-state index in [1.165, 1.54) is 0 Å². The molecule has 0 spiro atoms. The molecule has 2 aliphatic heterocycles. The average Bonchev–Trinajstić information content (AvgIpc) is 3.22. The van der Waals surface area contributed by atoms with Crippen molar-refractivity contribution < 1.29 is 19.1 Å². The predicted molar refractivity (Wildman–Crippen MR) is 116 cm³/mol. The van der Waals surface area contributed by atoms with E-state index in [-0.39, 0.29) is 24.0 Å². The molecule has 7 heteroatoms. The van der Waals surface area contributed by atoms with Crippen molar-refractivity contribution in [3.63, 3.8) is 0 Å². The van der Waals surface area contributed by atoms with Crippen LogP contribution in [0.3, 0.4) is 0 Å². The number of aliphatic imine (C=N–C) groups is 1. The Kier molecular flexibility index (Phi) is 6.42. The van der Waals surface area contributed by atoms with Crippen molar-refractivity contribution in [1.29, 1.82) is 0 Å². The van der Waals surface area contributed by atoms with Crippen LogP contribution in [0.25, 0.3) is 0 Å². The normalized spacial score (nSPS) is 16.5. The number of aromatic nitrogens is 1. The van der Waals surface area contributed by atoms with Gasteiger partial charge in [-0.3, -0.25) is 9.59 Å². The SMILES string of the molecule is COC1=NCc2cc(CC(=O)C[C@H](C)c3ccccc3)nc(C(=O)N3CCOCC3)c21. The molecule has 162 valence electrons. The molecular formula is C24H27N3O4. The van der Waals surface area contributed by atoms with E-state index in [1.807, 2.05) is 36.4 Å². The van der Waals surface area contributed by atoms with Crippen LogP contribution in [0.5, 0.6) is 0 Å². The first-order valence-corrected chi connectivity index (χ1v) is 10.6. The smallest absolute Gasteiger partial charge is 0.273 e. The number of morpholine rings is 1. The fraction of sp³-hybridized carbons (Fsp3) is 0.417. The molecule has 0 bridgehead atoms. The number of hydrogen-bond donors (Lipinski definition) is 0. The summed E-state index contributed by atoms with van der Waals surface area (Å²) in [5.41, 5.74) is 3.58. The first-order chi connectivity index (χ1) is 15.1. The molecule has 1 amide bonds. The number of benzene rings is 1. The third kappa shape index (κ3) is 4.66. The Hall–Kier alpha value is -3.06. The summed E-state index contributed by atoms with van der Waals surface area (Å²) in [4.78, 5) is 36.8. The summed E-state index contributed by atoms with van der Waals surface area (Å²) in [5, 5.41) is 0. The number of ether oxygens (including phenoxy) is 2. The summed E-state index contributed by atoms with van der Waals surface area (Å²) in [6.45, 7) is 4.53. The molecule has 1 fully saturated rings. The van der Waals surface area contributed by atoms with Gasteiger partial charge in [0.15, 0.2) is 0 Å². The number of carbonyl (C=O) groups is 2. The molecule has 1 atom stereocenters. The maximum absolute atomic E-state index is 13.2. The molecule has 0 unspecified atom stereocenters. The summed E-state index contributed by atoms with van der Waals surface area (Å²) >= 11 is 0. The number of methoxy groups -OCH3 is 1. The van der Waals surface area contributed by atoms with Gasteiger partial charge in [-0.05, 0) is 23.1 Å². The number of rotatable bonds is 6. The van der Waals surface area contributed by atoms with E-state index < -0.39 is 0 Å². The van der Waals surface area contributed by atoms with Crippen molar-refractivity contribution in [3.8, 4) is 0 Å². The van der Waals surface area contributed by atoms with E-state index in [9.17, 15) is 9.59 Å². The van der Waals surface area contributed by atoms with E-state index in [1.54, 1.807) is 12.0 Å². The van der Waals surface area contributed by atoms with Crippen LogP contribution in [0.2, 0.25) is 0 Å². The zero-order valence-electron chi connectivity index (χ0n) is 18.0. The summed E-state index contributed by atoms with van der Waals surface area (Å²) in [7, 11) is 1.54. The lowest BCUT2D eigenvalue weighted by Crippen LogP contribution is -2.41. The minimum atomic E-state index is -0.168. The second kappa shape index (κ2) is 9.39. The lowest BCUT2D eigenvalue weighted by molar-refractivity contribution is -0.118. The van der Waals surface area contributed by atoms with Crippen LogP contribution < -0.4 is 0 Å². The molecule has 2 aliphatic rings. The number of hydrogen-bond acceptors (Lipinski definition) is 6. The third-order valence-corrected chi connectivity index (χ3v) is 5.74. The maximum atomic E-state index is 13.2. The Balaban J connectivity index is 1.56. The van der Waals surface area contributed by atoms with Gasteiger partial charge < -0.3 is 14.4 Å². The van der Waals surface area contributed by atoms with Gasteiger partial charge in [-0.1, -0.05) is 37.3 Å². The highest BCUT2D eigenvalue weighted by atomic mass is 16.5. The highest BCUT2D eigenvalue weighted by molar-refractivity contribution is 6.08. The second-order valence-corrected chi connectivity index (χ2v) is 7.96. The summed E-state index contributed by atoms with van der Waals surface area (Å²) < 4.78 is 10.7. The molecular weight excluding hydrogens is 394 g/mol. The monoisotopic (exact) mass is 421 g/mol. The van der Waals surface area contributed by atoms with Gasteiger partial charge >= 0.3 is 0 Å². The fourth-order valence-electron chi connectivity index (χ4n) is 4.10. The van der Waals surface area contributed by atoms with Crippen molar-refractivity contribution in [3.05, 3.63) is 64.5 Å². The highest BCUT2D eigenvalue weighted by Gasteiger charge is 2.30. The third-order valence-electron chi connectivity index (χ3n) is 5.74. The number of fused-ring (bicyclic) bond motifs is 1. The Morgan fingerprint density at radius 3 is 2.65 bits per heavy atom. The van der Waals surface area contributed by atoms with E-state index in [0.717, 1.165) is 11.1 Å². The van der Waals surface area contributed by atoms with E-state index in [4.69, 9.17) is 9.47 Å². The van der Waals surface area contributed by atoms with Crippen molar-refractivity contribution >= 4 is 17.6 Å². The van der Waals surface area contributed by atoms with Gasteiger partial charge in [0.1, 0.15) is 11.5 Å². The number of ketones is 1. The topological polar surface area (TPSA) is 81.1 Å². The molecule has 7 nitrogen and oxygen atoms in total. The first-order valence-electron chi connectivity index (χ1n) is 10.6. The van der Waals surface area contributed by atoms with Gasteiger partial charge in [-0.2, -0.15) is 0 Å². The molecule has 1 aromatic carbocycles. The highest BCUT2D eigenvalue weighted by Crippen LogP contribution is 2.26. The molecule has 2 aromatic rings. The molecule has 1 aromatic heterocycles. The Bertz CT molecular complexity index is 997. The van der Waals surface area contributed by atoms with Gasteiger partial charge in [0.2, 0.25) is 5.90 Å². The summed E-state index contributed by atoms with van der Waals surface area (Å²) in [5.74, 6) is 0.480. The molecule has 0 saturated carbocycles. The minimum absolute atomic E-state index is 0.0967. The summed E-state index contributed by atoms with van der Waals surface area (Å²) in [6.07, 6.45) is 0.617. The predicted octanol–water partition coefficient (Wildman–Crippen LogP) is 2.77. The average molecular weight is 421 g/mol. The summed E-state index contributed by atoms with van der Waals surface area (Å²) in [6, 6.07) is 11.9. The van der Waals surface area contributed by atoms with Crippen molar-refractivity contribution in [2.45, 2.75) is 32.2 Å². The van der Waals surface area contributed by atoms with Crippen LogP contribution in [0.15, 0.2) is 41.4 Å².